The minimum absolute atomic E-state index is 0.643. The highest BCUT2D eigenvalue weighted by Gasteiger charge is 2.02. The smallest absolute Gasteiger partial charge is 0.0406 e. The van der Waals surface area contributed by atoms with E-state index in [2.05, 4.69) is 18.0 Å². The Hall–Kier alpha value is -0.890. The molecular weight excluding hydrogens is 148 g/mol. The first-order valence-corrected chi connectivity index (χ1v) is 4.43. The van der Waals surface area contributed by atoms with Gasteiger partial charge in [0.2, 0.25) is 0 Å². The third-order valence-corrected chi connectivity index (χ3v) is 1.94. The van der Waals surface area contributed by atoms with Gasteiger partial charge in [0.05, 0.1) is 0 Å². The zero-order chi connectivity index (χ0) is 8.81. The molecule has 0 fully saturated rings. The molecule has 0 aliphatic heterocycles. The zero-order valence-corrected chi connectivity index (χ0v) is 7.53. The first kappa shape index (κ1) is 9.20. The first-order chi connectivity index (χ1) is 5.83. The highest BCUT2D eigenvalue weighted by molar-refractivity contribution is 5.03. The van der Waals surface area contributed by atoms with Gasteiger partial charge in [0.25, 0.3) is 0 Å². The maximum Gasteiger partial charge on any atom is 0.0406 e. The molecule has 1 aromatic heterocycles. The summed E-state index contributed by atoms with van der Waals surface area (Å²) >= 11 is 0. The Morgan fingerprint density at radius 2 is 2.33 bits per heavy atom. The summed E-state index contributed by atoms with van der Waals surface area (Å²) in [6.45, 7) is 2.98. The number of rotatable bonds is 4. The van der Waals surface area contributed by atoms with Crippen LogP contribution in [0.4, 0.5) is 0 Å². The van der Waals surface area contributed by atoms with Crippen molar-refractivity contribution in [2.24, 2.45) is 11.7 Å². The second-order valence-corrected chi connectivity index (χ2v) is 3.21. The molecular formula is C10H16N2. The first-order valence-electron chi connectivity index (χ1n) is 4.43. The molecule has 2 N–H and O–H groups in total. The fourth-order valence-electron chi connectivity index (χ4n) is 1.26. The molecule has 0 aromatic carbocycles. The highest BCUT2D eigenvalue weighted by Crippen LogP contribution is 2.07. The molecule has 2 nitrogen and oxygen atoms in total. The number of pyridine rings is 1. The minimum Gasteiger partial charge on any atom is -0.330 e. The van der Waals surface area contributed by atoms with Gasteiger partial charge in [-0.05, 0) is 37.4 Å². The standard InChI is InChI=1S/C10H16N2/c1-9(5-6-11)8-10-4-2-3-7-12-10/h2-4,7,9H,5-6,8,11H2,1H3/t9-/m0/s1. The fraction of sp³-hybridized carbons (Fsp3) is 0.500. The molecule has 2 heteroatoms. The molecule has 0 amide bonds. The van der Waals surface area contributed by atoms with E-state index in [1.807, 2.05) is 18.3 Å². The molecule has 66 valence electrons. The predicted molar refractivity (Wildman–Crippen MR) is 50.8 cm³/mol. The van der Waals surface area contributed by atoms with Gasteiger partial charge in [-0.15, -0.1) is 0 Å². The van der Waals surface area contributed by atoms with E-state index in [1.54, 1.807) is 0 Å². The van der Waals surface area contributed by atoms with Crippen molar-refractivity contribution in [3.05, 3.63) is 30.1 Å². The summed E-state index contributed by atoms with van der Waals surface area (Å²) in [6, 6.07) is 6.03. The molecule has 1 heterocycles. The third-order valence-electron chi connectivity index (χ3n) is 1.94. The highest BCUT2D eigenvalue weighted by atomic mass is 14.7. The van der Waals surface area contributed by atoms with Gasteiger partial charge in [0.1, 0.15) is 0 Å². The Morgan fingerprint density at radius 3 is 2.92 bits per heavy atom. The zero-order valence-electron chi connectivity index (χ0n) is 7.53. The van der Waals surface area contributed by atoms with Crippen LogP contribution < -0.4 is 5.73 Å². The van der Waals surface area contributed by atoms with Gasteiger partial charge in [-0.1, -0.05) is 13.0 Å². The van der Waals surface area contributed by atoms with Crippen LogP contribution in [-0.4, -0.2) is 11.5 Å². The van der Waals surface area contributed by atoms with Gasteiger partial charge in [-0.2, -0.15) is 0 Å². The van der Waals surface area contributed by atoms with Gasteiger partial charge in [0, 0.05) is 11.9 Å². The summed E-state index contributed by atoms with van der Waals surface area (Å²) in [5.41, 5.74) is 6.63. The number of nitrogens with two attached hydrogens (primary N) is 1. The van der Waals surface area contributed by atoms with E-state index in [0.717, 1.165) is 19.4 Å². The molecule has 1 atom stereocenters. The molecule has 0 spiro atoms. The average Bonchev–Trinajstić information content (AvgIpc) is 2.06. The summed E-state index contributed by atoms with van der Waals surface area (Å²) in [5, 5.41) is 0. The van der Waals surface area contributed by atoms with E-state index in [9.17, 15) is 0 Å². The van der Waals surface area contributed by atoms with Gasteiger partial charge in [-0.25, -0.2) is 0 Å². The fourth-order valence-corrected chi connectivity index (χ4v) is 1.26. The monoisotopic (exact) mass is 164 g/mol. The van der Waals surface area contributed by atoms with Crippen LogP contribution >= 0.6 is 0 Å². The lowest BCUT2D eigenvalue weighted by molar-refractivity contribution is 0.532. The molecule has 0 aliphatic rings. The molecule has 1 aromatic rings. The van der Waals surface area contributed by atoms with E-state index in [1.165, 1.54) is 5.69 Å². The summed E-state index contributed by atoms with van der Waals surface area (Å²) < 4.78 is 0. The Kier molecular flexibility index (Phi) is 3.74. The minimum atomic E-state index is 0.643. The van der Waals surface area contributed by atoms with Crippen LogP contribution in [0.15, 0.2) is 24.4 Å². The van der Waals surface area contributed by atoms with E-state index in [4.69, 9.17) is 5.73 Å². The van der Waals surface area contributed by atoms with E-state index in [-0.39, 0.29) is 0 Å². The SMILES string of the molecule is C[C@@H](CCN)Cc1ccccn1. The quantitative estimate of drug-likeness (QED) is 0.734. The van der Waals surface area contributed by atoms with Crippen LogP contribution in [-0.2, 0) is 6.42 Å². The summed E-state index contributed by atoms with van der Waals surface area (Å²) in [4.78, 5) is 4.26. The molecule has 0 saturated carbocycles. The lowest BCUT2D eigenvalue weighted by Crippen LogP contribution is -2.08. The Balaban J connectivity index is 2.41. The second kappa shape index (κ2) is 4.88. The van der Waals surface area contributed by atoms with Crippen molar-refractivity contribution in [3.63, 3.8) is 0 Å². The van der Waals surface area contributed by atoms with Gasteiger partial charge in [-0.3, -0.25) is 4.98 Å². The number of nitrogens with zero attached hydrogens (tertiary/aromatic N) is 1. The van der Waals surface area contributed by atoms with E-state index < -0.39 is 0 Å². The van der Waals surface area contributed by atoms with Crippen molar-refractivity contribution in [1.82, 2.24) is 4.98 Å². The molecule has 0 aliphatic carbocycles. The summed E-state index contributed by atoms with van der Waals surface area (Å²) in [6.07, 6.45) is 3.96. The summed E-state index contributed by atoms with van der Waals surface area (Å²) in [5.74, 6) is 0.643. The van der Waals surface area contributed by atoms with Crippen molar-refractivity contribution in [3.8, 4) is 0 Å². The van der Waals surface area contributed by atoms with Crippen LogP contribution in [0.1, 0.15) is 19.0 Å². The van der Waals surface area contributed by atoms with Crippen molar-refractivity contribution in [2.45, 2.75) is 19.8 Å². The molecule has 0 bridgehead atoms. The Morgan fingerprint density at radius 1 is 1.50 bits per heavy atom. The van der Waals surface area contributed by atoms with Crippen LogP contribution in [0.5, 0.6) is 0 Å². The maximum absolute atomic E-state index is 5.46. The van der Waals surface area contributed by atoms with E-state index >= 15 is 0 Å². The molecule has 0 saturated heterocycles. The normalized spacial score (nSPS) is 12.8. The lowest BCUT2D eigenvalue weighted by atomic mass is 10.0. The van der Waals surface area contributed by atoms with Crippen molar-refractivity contribution in [2.75, 3.05) is 6.54 Å². The van der Waals surface area contributed by atoms with Gasteiger partial charge in [0.15, 0.2) is 0 Å². The van der Waals surface area contributed by atoms with Crippen LogP contribution in [0, 0.1) is 5.92 Å². The largest absolute Gasteiger partial charge is 0.330 e. The molecule has 12 heavy (non-hydrogen) atoms. The Bertz CT molecular complexity index is 208. The summed E-state index contributed by atoms with van der Waals surface area (Å²) in [7, 11) is 0. The van der Waals surface area contributed by atoms with Crippen LogP contribution in [0.2, 0.25) is 0 Å². The van der Waals surface area contributed by atoms with Crippen LogP contribution in [0.3, 0.4) is 0 Å². The van der Waals surface area contributed by atoms with Gasteiger partial charge < -0.3 is 5.73 Å². The molecule has 0 radical (unpaired) electrons. The maximum atomic E-state index is 5.46. The van der Waals surface area contributed by atoms with Crippen molar-refractivity contribution in [1.29, 1.82) is 0 Å². The average molecular weight is 164 g/mol. The molecule has 0 unspecified atom stereocenters. The predicted octanol–water partition coefficient (Wildman–Crippen LogP) is 1.61. The number of hydrogen-bond donors (Lipinski definition) is 1. The third kappa shape index (κ3) is 3.01. The molecule has 1 rings (SSSR count). The van der Waals surface area contributed by atoms with Crippen LogP contribution in [0.25, 0.3) is 0 Å². The number of aromatic nitrogens is 1. The van der Waals surface area contributed by atoms with Crippen molar-refractivity contribution < 1.29 is 0 Å². The van der Waals surface area contributed by atoms with Gasteiger partial charge >= 0.3 is 0 Å². The van der Waals surface area contributed by atoms with Crippen molar-refractivity contribution >= 4 is 0 Å². The lowest BCUT2D eigenvalue weighted by Gasteiger charge is -2.08. The van der Waals surface area contributed by atoms with E-state index in [0.29, 0.717) is 5.92 Å². The number of hydrogen-bond acceptors (Lipinski definition) is 2. The second-order valence-electron chi connectivity index (χ2n) is 3.21. The topological polar surface area (TPSA) is 38.9 Å². The Labute approximate surface area is 73.8 Å².